The van der Waals surface area contributed by atoms with Gasteiger partial charge in [0.25, 0.3) is 10.0 Å². The van der Waals surface area contributed by atoms with Crippen molar-refractivity contribution in [1.82, 2.24) is 29.0 Å². The first-order valence-corrected chi connectivity index (χ1v) is 9.16. The highest BCUT2D eigenvalue weighted by Gasteiger charge is 2.33. The summed E-state index contributed by atoms with van der Waals surface area (Å²) in [7, 11) is -1.97. The van der Waals surface area contributed by atoms with Crippen LogP contribution in [0.25, 0.3) is 0 Å². The van der Waals surface area contributed by atoms with Gasteiger partial charge in [-0.3, -0.25) is 0 Å². The Morgan fingerprint density at radius 3 is 2.62 bits per heavy atom. The molecule has 2 saturated heterocycles. The maximum Gasteiger partial charge on any atom is 0.328 e. The average Bonchev–Trinajstić information content (AvgIpc) is 3.07. The van der Waals surface area contributed by atoms with Gasteiger partial charge in [-0.2, -0.15) is 4.31 Å². The number of hydrogen-bond acceptors (Lipinski definition) is 5. The maximum atomic E-state index is 12.6. The van der Waals surface area contributed by atoms with E-state index < -0.39 is 16.1 Å². The van der Waals surface area contributed by atoms with Crippen molar-refractivity contribution in [2.24, 2.45) is 7.05 Å². The Bertz CT molecular complexity index is 745. The zero-order valence-electron chi connectivity index (χ0n) is 13.4. The van der Waals surface area contributed by atoms with Crippen LogP contribution in [0.1, 0.15) is 6.42 Å². The third-order valence-electron chi connectivity index (χ3n) is 4.10. The van der Waals surface area contributed by atoms with Crippen LogP contribution in [0.2, 0.25) is 0 Å². The number of nitrogens with zero attached hydrogens (tertiary/aromatic N) is 5. The van der Waals surface area contributed by atoms with E-state index in [0.29, 0.717) is 32.6 Å². The third-order valence-corrected chi connectivity index (χ3v) is 5.88. The molecule has 0 bridgehead atoms. The van der Waals surface area contributed by atoms with E-state index in [1.807, 2.05) is 0 Å². The summed E-state index contributed by atoms with van der Waals surface area (Å²) in [6.07, 6.45) is 3.40. The van der Waals surface area contributed by atoms with Crippen LogP contribution in [0.3, 0.4) is 0 Å². The summed E-state index contributed by atoms with van der Waals surface area (Å²) in [5.41, 5.74) is 0. The van der Waals surface area contributed by atoms with E-state index in [-0.39, 0.29) is 24.1 Å². The van der Waals surface area contributed by atoms with Crippen molar-refractivity contribution in [2.45, 2.75) is 11.4 Å². The van der Waals surface area contributed by atoms with Crippen molar-refractivity contribution >= 4 is 22.1 Å². The van der Waals surface area contributed by atoms with Gasteiger partial charge in [0.2, 0.25) is 0 Å². The van der Waals surface area contributed by atoms with Gasteiger partial charge >= 0.3 is 12.1 Å². The standard InChI is InChI=1S/C13H20N6O4S/c1-16-9-11(15-10-16)24(22,23)18-5-2-4-17(7-8-18)13(21)19-6-3-14-12(19)20/h9-10H,2-8H2,1H3,(H,14,20). The number of nitrogens with one attached hydrogen (secondary N) is 1. The number of hydrogen-bond donors (Lipinski definition) is 1. The van der Waals surface area contributed by atoms with Gasteiger partial charge in [0.1, 0.15) is 0 Å². The second kappa shape index (κ2) is 6.40. The first kappa shape index (κ1) is 16.7. The molecule has 3 heterocycles. The Morgan fingerprint density at radius 1 is 1.21 bits per heavy atom. The summed E-state index contributed by atoms with van der Waals surface area (Å²) in [4.78, 5) is 30.6. The van der Waals surface area contributed by atoms with Gasteiger partial charge in [0, 0.05) is 52.5 Å². The number of amides is 4. The van der Waals surface area contributed by atoms with E-state index in [2.05, 4.69) is 10.3 Å². The Balaban J connectivity index is 1.69. The van der Waals surface area contributed by atoms with E-state index in [4.69, 9.17) is 0 Å². The molecule has 132 valence electrons. The molecule has 0 aromatic carbocycles. The topological polar surface area (TPSA) is 108 Å². The molecule has 1 aromatic heterocycles. The summed E-state index contributed by atoms with van der Waals surface area (Å²) in [5, 5.41) is 2.59. The van der Waals surface area contributed by atoms with E-state index in [0.717, 1.165) is 4.90 Å². The quantitative estimate of drug-likeness (QED) is 0.751. The summed E-state index contributed by atoms with van der Waals surface area (Å²) >= 11 is 0. The van der Waals surface area contributed by atoms with Gasteiger partial charge in [-0.1, -0.05) is 0 Å². The SMILES string of the molecule is Cn1cnc(S(=O)(=O)N2CCCN(C(=O)N3CCNC3=O)CC2)c1. The number of imide groups is 1. The number of urea groups is 2. The third kappa shape index (κ3) is 3.08. The minimum absolute atomic E-state index is 0.00342. The highest BCUT2D eigenvalue weighted by molar-refractivity contribution is 7.89. The van der Waals surface area contributed by atoms with Gasteiger partial charge < -0.3 is 14.8 Å². The molecule has 1 aromatic rings. The summed E-state index contributed by atoms with van der Waals surface area (Å²) in [5.74, 6) is 0. The molecule has 2 fully saturated rings. The molecule has 10 nitrogen and oxygen atoms in total. The van der Waals surface area contributed by atoms with Crippen LogP contribution in [0.5, 0.6) is 0 Å². The molecular formula is C13H20N6O4S. The summed E-state index contributed by atoms with van der Waals surface area (Å²) < 4.78 is 28.1. The normalized spacial score (nSPS) is 20.1. The molecule has 2 aliphatic rings. The van der Waals surface area contributed by atoms with Crippen molar-refractivity contribution in [2.75, 3.05) is 39.3 Å². The van der Waals surface area contributed by atoms with Crippen LogP contribution < -0.4 is 5.32 Å². The predicted octanol–water partition coefficient (Wildman–Crippen LogP) is -0.738. The van der Waals surface area contributed by atoms with Crippen molar-refractivity contribution in [3.8, 4) is 0 Å². The molecule has 0 atom stereocenters. The van der Waals surface area contributed by atoms with Crippen LogP contribution >= 0.6 is 0 Å². The van der Waals surface area contributed by atoms with Crippen molar-refractivity contribution in [1.29, 1.82) is 0 Å². The molecule has 0 unspecified atom stereocenters. The lowest BCUT2D eigenvalue weighted by Gasteiger charge is -2.25. The van der Waals surface area contributed by atoms with E-state index in [1.54, 1.807) is 11.6 Å². The monoisotopic (exact) mass is 356 g/mol. The molecule has 0 aliphatic carbocycles. The van der Waals surface area contributed by atoms with E-state index in [1.165, 1.54) is 21.7 Å². The molecule has 11 heteroatoms. The maximum absolute atomic E-state index is 12.6. The van der Waals surface area contributed by atoms with Crippen molar-refractivity contribution < 1.29 is 18.0 Å². The van der Waals surface area contributed by atoms with E-state index >= 15 is 0 Å². The number of carbonyl (C=O) groups is 2. The van der Waals surface area contributed by atoms with Crippen molar-refractivity contribution in [3.05, 3.63) is 12.5 Å². The molecule has 0 saturated carbocycles. The fraction of sp³-hybridized carbons (Fsp3) is 0.615. The van der Waals surface area contributed by atoms with Gasteiger partial charge in [-0.05, 0) is 6.42 Å². The lowest BCUT2D eigenvalue weighted by atomic mass is 10.4. The zero-order chi connectivity index (χ0) is 17.3. The number of aryl methyl sites for hydroxylation is 1. The first-order chi connectivity index (χ1) is 11.4. The number of carbonyl (C=O) groups excluding carboxylic acids is 2. The fourth-order valence-electron chi connectivity index (χ4n) is 2.80. The highest BCUT2D eigenvalue weighted by Crippen LogP contribution is 2.16. The second-order valence-corrected chi connectivity index (χ2v) is 7.67. The molecule has 0 spiro atoms. The van der Waals surface area contributed by atoms with Crippen LogP contribution in [-0.2, 0) is 17.1 Å². The molecule has 4 amide bonds. The number of rotatable bonds is 2. The Kier molecular flexibility index (Phi) is 4.45. The minimum atomic E-state index is -3.67. The molecule has 2 aliphatic heterocycles. The molecule has 1 N–H and O–H groups in total. The van der Waals surface area contributed by atoms with Crippen molar-refractivity contribution in [3.63, 3.8) is 0 Å². The fourth-order valence-corrected chi connectivity index (χ4v) is 4.24. The number of sulfonamides is 1. The van der Waals surface area contributed by atoms with E-state index in [9.17, 15) is 18.0 Å². The van der Waals surface area contributed by atoms with Crippen LogP contribution in [-0.4, -0.2) is 83.4 Å². The Morgan fingerprint density at radius 2 is 2.00 bits per heavy atom. The predicted molar refractivity (Wildman–Crippen MR) is 83.7 cm³/mol. The largest absolute Gasteiger partial charge is 0.339 e. The minimum Gasteiger partial charge on any atom is -0.339 e. The highest BCUT2D eigenvalue weighted by atomic mass is 32.2. The molecule has 24 heavy (non-hydrogen) atoms. The van der Waals surface area contributed by atoms with Gasteiger partial charge in [-0.15, -0.1) is 0 Å². The average molecular weight is 356 g/mol. The zero-order valence-corrected chi connectivity index (χ0v) is 14.2. The number of aromatic nitrogens is 2. The van der Waals surface area contributed by atoms with Gasteiger partial charge in [-0.25, -0.2) is 27.9 Å². The van der Waals surface area contributed by atoms with Gasteiger partial charge in [0.15, 0.2) is 5.03 Å². The second-order valence-electron chi connectivity index (χ2n) is 5.79. The van der Waals surface area contributed by atoms with Crippen LogP contribution in [0.4, 0.5) is 9.59 Å². The lowest BCUT2D eigenvalue weighted by molar-refractivity contribution is 0.165. The van der Waals surface area contributed by atoms with Gasteiger partial charge in [0.05, 0.1) is 6.33 Å². The smallest absolute Gasteiger partial charge is 0.328 e. The first-order valence-electron chi connectivity index (χ1n) is 7.72. The Hall–Kier alpha value is -2.14. The summed E-state index contributed by atoms with van der Waals surface area (Å²) in [6, 6.07) is -0.774. The Labute approximate surface area is 140 Å². The summed E-state index contributed by atoms with van der Waals surface area (Å²) in [6.45, 7) is 1.93. The number of imidazole rings is 1. The molecular weight excluding hydrogens is 336 g/mol. The molecule has 3 rings (SSSR count). The van der Waals surface area contributed by atoms with Crippen LogP contribution in [0, 0.1) is 0 Å². The molecule has 0 radical (unpaired) electrons. The van der Waals surface area contributed by atoms with Crippen LogP contribution in [0.15, 0.2) is 17.6 Å². The lowest BCUT2D eigenvalue weighted by Crippen LogP contribution is -2.46.